The highest BCUT2D eigenvalue weighted by Crippen LogP contribution is 2.21. The molecule has 0 aliphatic rings. The van der Waals surface area contributed by atoms with E-state index in [1.165, 1.54) is 4.90 Å². The Labute approximate surface area is 210 Å². The van der Waals surface area contributed by atoms with E-state index in [1.807, 2.05) is 45.0 Å². The summed E-state index contributed by atoms with van der Waals surface area (Å²) in [5.41, 5.74) is 2.29. The second-order valence-corrected chi connectivity index (χ2v) is 11.3. The number of aryl methyl sites for hydroxylation is 1. The van der Waals surface area contributed by atoms with Crippen LogP contribution >= 0.6 is 22.6 Å². The Bertz CT molecular complexity index is 1070. The number of hydrogen-bond donors (Lipinski definition) is 1. The maximum Gasteiger partial charge on any atom is 0.244 e. The highest BCUT2D eigenvalue weighted by atomic mass is 127. The minimum atomic E-state index is -3.73. The molecule has 0 aliphatic carbocycles. The Morgan fingerprint density at radius 3 is 2.21 bits per heavy atom. The normalized spacial score (nSPS) is 13.2. The zero-order valence-electron chi connectivity index (χ0n) is 19.7. The lowest BCUT2D eigenvalue weighted by Crippen LogP contribution is -2.52. The molecule has 2 aromatic carbocycles. The van der Waals surface area contributed by atoms with Crippen molar-refractivity contribution in [2.24, 2.45) is 0 Å². The van der Waals surface area contributed by atoms with Crippen molar-refractivity contribution < 1.29 is 18.0 Å². The van der Waals surface area contributed by atoms with Crippen molar-refractivity contribution in [2.75, 3.05) is 17.1 Å². The number of rotatable bonds is 10. The summed E-state index contributed by atoms with van der Waals surface area (Å²) < 4.78 is 27.1. The number of halogens is 1. The first-order valence-electron chi connectivity index (χ1n) is 10.8. The van der Waals surface area contributed by atoms with Gasteiger partial charge in [-0.25, -0.2) is 8.42 Å². The Morgan fingerprint density at radius 2 is 1.67 bits per heavy atom. The lowest BCUT2D eigenvalue weighted by atomic mass is 10.1. The van der Waals surface area contributed by atoms with Gasteiger partial charge >= 0.3 is 0 Å². The van der Waals surface area contributed by atoms with E-state index in [-0.39, 0.29) is 18.5 Å². The Hall–Kier alpha value is -2.14. The van der Waals surface area contributed by atoms with Gasteiger partial charge in [0, 0.05) is 16.2 Å². The van der Waals surface area contributed by atoms with Crippen LogP contribution < -0.4 is 9.62 Å². The van der Waals surface area contributed by atoms with Crippen molar-refractivity contribution >= 4 is 50.1 Å². The molecule has 2 amide bonds. The first kappa shape index (κ1) is 27.1. The van der Waals surface area contributed by atoms with Crippen LogP contribution in [0.5, 0.6) is 0 Å². The standard InChI is InChI=1S/C24H32IN3O4S/c1-6-18(3)26-24(30)19(4)27(15-20-10-8-7-9-17(20)2)23(29)16-28(33(5,31)32)22-13-11-21(25)12-14-22/h7-14,18-19H,6,15-16H2,1-5H3,(H,26,30)/t18-,19-/m0/s1. The Kier molecular flexibility index (Phi) is 9.71. The largest absolute Gasteiger partial charge is 0.352 e. The van der Waals surface area contributed by atoms with Crippen molar-refractivity contribution in [1.82, 2.24) is 10.2 Å². The van der Waals surface area contributed by atoms with Gasteiger partial charge in [0.15, 0.2) is 0 Å². The van der Waals surface area contributed by atoms with Crippen LogP contribution in [0, 0.1) is 10.5 Å². The smallest absolute Gasteiger partial charge is 0.244 e. The fourth-order valence-electron chi connectivity index (χ4n) is 3.24. The van der Waals surface area contributed by atoms with E-state index in [0.717, 1.165) is 31.7 Å². The van der Waals surface area contributed by atoms with E-state index < -0.39 is 28.5 Å². The molecule has 2 atom stereocenters. The predicted octanol–water partition coefficient (Wildman–Crippen LogP) is 3.70. The van der Waals surface area contributed by atoms with E-state index in [9.17, 15) is 18.0 Å². The molecule has 2 rings (SSSR count). The molecule has 0 saturated carbocycles. The van der Waals surface area contributed by atoms with Gasteiger partial charge in [-0.2, -0.15) is 0 Å². The molecular weight excluding hydrogens is 553 g/mol. The summed E-state index contributed by atoms with van der Waals surface area (Å²) in [6.07, 6.45) is 1.84. The van der Waals surface area contributed by atoms with Gasteiger partial charge in [-0.3, -0.25) is 13.9 Å². The van der Waals surface area contributed by atoms with Crippen molar-refractivity contribution in [3.05, 3.63) is 63.2 Å². The molecule has 0 heterocycles. The van der Waals surface area contributed by atoms with Crippen LogP contribution in [0.3, 0.4) is 0 Å². The first-order valence-corrected chi connectivity index (χ1v) is 13.7. The molecule has 7 nitrogen and oxygen atoms in total. The molecule has 9 heteroatoms. The summed E-state index contributed by atoms with van der Waals surface area (Å²) in [6.45, 7) is 7.29. The molecule has 0 unspecified atom stereocenters. The summed E-state index contributed by atoms with van der Waals surface area (Å²) >= 11 is 2.13. The molecule has 1 N–H and O–H groups in total. The molecular formula is C24H32IN3O4S. The van der Waals surface area contributed by atoms with Gasteiger partial charge in [0.05, 0.1) is 11.9 Å². The fourth-order valence-corrected chi connectivity index (χ4v) is 4.45. The Morgan fingerprint density at radius 1 is 1.06 bits per heavy atom. The van der Waals surface area contributed by atoms with E-state index in [2.05, 4.69) is 27.9 Å². The highest BCUT2D eigenvalue weighted by Gasteiger charge is 2.30. The van der Waals surface area contributed by atoms with Gasteiger partial charge < -0.3 is 10.2 Å². The monoisotopic (exact) mass is 585 g/mol. The van der Waals surface area contributed by atoms with E-state index in [1.54, 1.807) is 31.2 Å². The van der Waals surface area contributed by atoms with E-state index >= 15 is 0 Å². The number of carbonyl (C=O) groups excluding carboxylic acids is 2. The van der Waals surface area contributed by atoms with Gasteiger partial charge in [0.25, 0.3) is 0 Å². The number of anilines is 1. The van der Waals surface area contributed by atoms with Gasteiger partial charge in [-0.1, -0.05) is 31.2 Å². The van der Waals surface area contributed by atoms with Crippen LogP contribution in [0.15, 0.2) is 48.5 Å². The third kappa shape index (κ3) is 7.70. The van der Waals surface area contributed by atoms with Gasteiger partial charge in [-0.05, 0) is 85.2 Å². The van der Waals surface area contributed by atoms with Crippen molar-refractivity contribution in [3.8, 4) is 0 Å². The number of nitrogens with zero attached hydrogens (tertiary/aromatic N) is 2. The second kappa shape index (κ2) is 11.8. The quantitative estimate of drug-likeness (QED) is 0.431. The average molecular weight is 586 g/mol. The van der Waals surface area contributed by atoms with Crippen LogP contribution in [-0.4, -0.2) is 50.0 Å². The minimum absolute atomic E-state index is 0.0327. The SMILES string of the molecule is CC[C@H](C)NC(=O)[C@H](C)N(Cc1ccccc1C)C(=O)CN(c1ccc(I)cc1)S(C)(=O)=O. The summed E-state index contributed by atoms with van der Waals surface area (Å²) in [7, 11) is -3.73. The van der Waals surface area contributed by atoms with Crippen LogP contribution in [0.4, 0.5) is 5.69 Å². The zero-order chi connectivity index (χ0) is 24.8. The first-order chi connectivity index (χ1) is 15.4. The number of carbonyl (C=O) groups is 2. The third-order valence-electron chi connectivity index (χ3n) is 5.56. The van der Waals surface area contributed by atoms with Crippen molar-refractivity contribution in [1.29, 1.82) is 0 Å². The van der Waals surface area contributed by atoms with Crippen molar-refractivity contribution in [2.45, 2.75) is 52.7 Å². The molecule has 0 bridgehead atoms. The fraction of sp³-hybridized carbons (Fsp3) is 0.417. The van der Waals surface area contributed by atoms with E-state index in [0.29, 0.717) is 5.69 Å². The van der Waals surface area contributed by atoms with Gasteiger partial charge in [-0.15, -0.1) is 0 Å². The Balaban J connectivity index is 2.39. The lowest BCUT2D eigenvalue weighted by molar-refractivity contribution is -0.139. The molecule has 0 spiro atoms. The zero-order valence-corrected chi connectivity index (χ0v) is 22.7. The number of hydrogen-bond acceptors (Lipinski definition) is 4. The second-order valence-electron chi connectivity index (χ2n) is 8.19. The summed E-state index contributed by atoms with van der Waals surface area (Å²) in [5.74, 6) is -0.722. The molecule has 0 fully saturated rings. The molecule has 0 aromatic heterocycles. The minimum Gasteiger partial charge on any atom is -0.352 e. The summed E-state index contributed by atoms with van der Waals surface area (Å²) in [4.78, 5) is 27.8. The van der Waals surface area contributed by atoms with Crippen LogP contribution in [0.2, 0.25) is 0 Å². The summed E-state index contributed by atoms with van der Waals surface area (Å²) in [6, 6.07) is 13.7. The average Bonchev–Trinajstić information content (AvgIpc) is 2.76. The molecule has 180 valence electrons. The van der Waals surface area contributed by atoms with E-state index in [4.69, 9.17) is 0 Å². The number of nitrogens with one attached hydrogen (secondary N) is 1. The van der Waals surface area contributed by atoms with Crippen LogP contribution in [-0.2, 0) is 26.2 Å². The molecule has 0 radical (unpaired) electrons. The molecule has 0 saturated heterocycles. The maximum absolute atomic E-state index is 13.5. The number of benzene rings is 2. The highest BCUT2D eigenvalue weighted by molar-refractivity contribution is 14.1. The number of amides is 2. The number of sulfonamides is 1. The molecule has 2 aromatic rings. The van der Waals surface area contributed by atoms with Crippen LogP contribution in [0.25, 0.3) is 0 Å². The molecule has 0 aliphatic heterocycles. The topological polar surface area (TPSA) is 86.8 Å². The third-order valence-corrected chi connectivity index (χ3v) is 7.42. The maximum atomic E-state index is 13.5. The predicted molar refractivity (Wildman–Crippen MR) is 140 cm³/mol. The van der Waals surface area contributed by atoms with Gasteiger partial charge in [0.2, 0.25) is 21.8 Å². The van der Waals surface area contributed by atoms with Crippen LogP contribution in [0.1, 0.15) is 38.3 Å². The molecule has 33 heavy (non-hydrogen) atoms. The van der Waals surface area contributed by atoms with Gasteiger partial charge in [0.1, 0.15) is 12.6 Å². The summed E-state index contributed by atoms with van der Waals surface area (Å²) in [5, 5.41) is 2.92. The lowest BCUT2D eigenvalue weighted by Gasteiger charge is -2.32. The van der Waals surface area contributed by atoms with Crippen molar-refractivity contribution in [3.63, 3.8) is 0 Å².